The fraction of sp³-hybridized carbons (Fsp3) is 0.308. The first-order valence-corrected chi connectivity index (χ1v) is 5.79. The highest BCUT2D eigenvalue weighted by molar-refractivity contribution is 5.35. The quantitative estimate of drug-likeness (QED) is 0.767. The van der Waals surface area contributed by atoms with Crippen LogP contribution in [0, 0.1) is 17.5 Å². The van der Waals surface area contributed by atoms with Crippen LogP contribution in [0.25, 0.3) is 5.69 Å². The van der Waals surface area contributed by atoms with E-state index in [4.69, 9.17) is 0 Å². The molecule has 0 amide bonds. The molecule has 0 unspecified atom stereocenters. The Hall–Kier alpha value is -1.78. The molecule has 0 aliphatic heterocycles. The van der Waals surface area contributed by atoms with E-state index < -0.39 is 17.5 Å². The third-order valence-corrected chi connectivity index (χ3v) is 2.77. The Morgan fingerprint density at radius 2 is 1.61 bits per heavy atom. The number of halogens is 3. The zero-order valence-electron chi connectivity index (χ0n) is 10.2. The lowest BCUT2D eigenvalue weighted by atomic mass is 10.2. The summed E-state index contributed by atoms with van der Waals surface area (Å²) >= 11 is 0. The van der Waals surface area contributed by atoms with Gasteiger partial charge < -0.3 is 0 Å². The summed E-state index contributed by atoms with van der Waals surface area (Å²) in [6.45, 7) is 3.86. The first-order valence-electron chi connectivity index (χ1n) is 5.79. The van der Waals surface area contributed by atoms with Gasteiger partial charge in [-0.15, -0.1) is 0 Å². The maximum atomic E-state index is 13.2. The van der Waals surface area contributed by atoms with Gasteiger partial charge in [-0.1, -0.05) is 13.8 Å². The Labute approximate surface area is 103 Å². The summed E-state index contributed by atoms with van der Waals surface area (Å²) in [7, 11) is 0. The summed E-state index contributed by atoms with van der Waals surface area (Å²) in [4.78, 5) is 0. The molecule has 1 heterocycles. The molecule has 18 heavy (non-hydrogen) atoms. The summed E-state index contributed by atoms with van der Waals surface area (Å²) in [5, 5.41) is 4.24. The van der Waals surface area contributed by atoms with E-state index in [1.54, 1.807) is 0 Å². The Morgan fingerprint density at radius 3 is 2.11 bits per heavy atom. The van der Waals surface area contributed by atoms with E-state index in [2.05, 4.69) is 5.10 Å². The van der Waals surface area contributed by atoms with Gasteiger partial charge in [0.15, 0.2) is 17.5 Å². The average Bonchev–Trinajstić information content (AvgIpc) is 2.78. The molecule has 0 fully saturated rings. The van der Waals surface area contributed by atoms with Crippen LogP contribution < -0.4 is 0 Å². The third-order valence-electron chi connectivity index (χ3n) is 2.77. The first kappa shape index (κ1) is 12.7. The molecule has 2 aromatic rings. The highest BCUT2D eigenvalue weighted by atomic mass is 19.2. The molecule has 1 aromatic heterocycles. The van der Waals surface area contributed by atoms with Gasteiger partial charge in [-0.05, 0) is 18.9 Å². The summed E-state index contributed by atoms with van der Waals surface area (Å²) in [6.07, 6.45) is 1.40. The van der Waals surface area contributed by atoms with E-state index in [9.17, 15) is 13.2 Å². The lowest BCUT2D eigenvalue weighted by Gasteiger charge is -2.06. The second-order valence-corrected chi connectivity index (χ2v) is 3.97. The maximum absolute atomic E-state index is 13.2. The van der Waals surface area contributed by atoms with Crippen molar-refractivity contribution in [3.63, 3.8) is 0 Å². The van der Waals surface area contributed by atoms with Crippen molar-refractivity contribution in [2.24, 2.45) is 0 Å². The summed E-state index contributed by atoms with van der Waals surface area (Å²) in [6, 6.07) is 3.77. The van der Waals surface area contributed by atoms with E-state index in [0.29, 0.717) is 6.42 Å². The predicted molar refractivity (Wildman–Crippen MR) is 62.2 cm³/mol. The highest BCUT2D eigenvalue weighted by Crippen LogP contribution is 2.19. The van der Waals surface area contributed by atoms with Gasteiger partial charge in [-0.3, -0.25) is 0 Å². The molecule has 2 rings (SSSR count). The predicted octanol–water partition coefficient (Wildman–Crippen LogP) is 3.41. The molecule has 0 atom stereocenters. The van der Waals surface area contributed by atoms with Gasteiger partial charge in [0.1, 0.15) is 0 Å². The molecule has 5 heteroatoms. The molecule has 96 valence electrons. The van der Waals surface area contributed by atoms with Crippen molar-refractivity contribution in [3.8, 4) is 5.69 Å². The van der Waals surface area contributed by atoms with Crippen LogP contribution in [0.4, 0.5) is 13.2 Å². The number of hydrogen-bond acceptors (Lipinski definition) is 1. The second kappa shape index (κ2) is 4.84. The van der Waals surface area contributed by atoms with Gasteiger partial charge in [0.05, 0.1) is 11.4 Å². The number of rotatable bonds is 3. The molecule has 1 aromatic carbocycles. The maximum Gasteiger partial charge on any atom is 0.194 e. The summed E-state index contributed by atoms with van der Waals surface area (Å²) in [5.41, 5.74) is 1.86. The monoisotopic (exact) mass is 254 g/mol. The zero-order chi connectivity index (χ0) is 13.3. The van der Waals surface area contributed by atoms with E-state index in [-0.39, 0.29) is 5.69 Å². The molecule has 2 nitrogen and oxygen atoms in total. The van der Waals surface area contributed by atoms with Crippen LogP contribution >= 0.6 is 0 Å². The van der Waals surface area contributed by atoms with Crippen LogP contribution in [0.3, 0.4) is 0 Å². The fourth-order valence-corrected chi connectivity index (χ4v) is 1.79. The average molecular weight is 254 g/mol. The highest BCUT2D eigenvalue weighted by Gasteiger charge is 2.14. The van der Waals surface area contributed by atoms with E-state index in [1.165, 1.54) is 4.68 Å². The smallest absolute Gasteiger partial charge is 0.194 e. The molecule has 0 aliphatic carbocycles. The summed E-state index contributed by atoms with van der Waals surface area (Å²) < 4.78 is 40.7. The van der Waals surface area contributed by atoms with Crippen molar-refractivity contribution in [2.45, 2.75) is 26.7 Å². The van der Waals surface area contributed by atoms with Crippen molar-refractivity contribution in [1.29, 1.82) is 0 Å². The minimum Gasteiger partial charge on any atom is -0.237 e. The lowest BCUT2D eigenvalue weighted by molar-refractivity contribution is 0.445. The van der Waals surface area contributed by atoms with Gasteiger partial charge in [0.2, 0.25) is 0 Å². The van der Waals surface area contributed by atoms with Crippen LogP contribution in [-0.4, -0.2) is 9.78 Å². The standard InChI is InChI=1S/C13H13F3N2/c1-3-8-5-9(4-2)18(17-8)10-6-11(14)13(16)12(15)7-10/h5-7H,3-4H2,1-2H3. The number of benzene rings is 1. The van der Waals surface area contributed by atoms with Crippen LogP contribution in [0.15, 0.2) is 18.2 Å². The topological polar surface area (TPSA) is 17.8 Å². The number of aromatic nitrogens is 2. The number of aryl methyl sites for hydroxylation is 2. The van der Waals surface area contributed by atoms with Gasteiger partial charge in [-0.25, -0.2) is 17.9 Å². The fourth-order valence-electron chi connectivity index (χ4n) is 1.79. The first-order chi connectivity index (χ1) is 8.56. The van der Waals surface area contributed by atoms with Gasteiger partial charge in [0, 0.05) is 17.8 Å². The Balaban J connectivity index is 2.57. The number of nitrogens with zero attached hydrogens (tertiary/aromatic N) is 2. The Kier molecular flexibility index (Phi) is 3.41. The van der Waals surface area contributed by atoms with E-state index in [0.717, 1.165) is 29.9 Å². The van der Waals surface area contributed by atoms with Gasteiger partial charge in [-0.2, -0.15) is 5.10 Å². The van der Waals surface area contributed by atoms with Gasteiger partial charge in [0.25, 0.3) is 0 Å². The molecule has 0 bridgehead atoms. The lowest BCUT2D eigenvalue weighted by Crippen LogP contribution is -2.04. The van der Waals surface area contributed by atoms with E-state index >= 15 is 0 Å². The van der Waals surface area contributed by atoms with E-state index in [1.807, 2.05) is 19.9 Å². The van der Waals surface area contributed by atoms with Crippen molar-refractivity contribution >= 4 is 0 Å². The van der Waals surface area contributed by atoms with Crippen LogP contribution in [0.2, 0.25) is 0 Å². The zero-order valence-corrected chi connectivity index (χ0v) is 10.2. The molecule has 0 aliphatic rings. The Bertz CT molecular complexity index is 553. The molecule has 0 N–H and O–H groups in total. The minimum atomic E-state index is -1.46. The van der Waals surface area contributed by atoms with Crippen molar-refractivity contribution < 1.29 is 13.2 Å². The SMILES string of the molecule is CCc1cc(CC)n(-c2cc(F)c(F)c(F)c2)n1. The van der Waals surface area contributed by atoms with Crippen LogP contribution in [0.5, 0.6) is 0 Å². The molecule has 0 spiro atoms. The van der Waals surface area contributed by atoms with Crippen molar-refractivity contribution in [2.75, 3.05) is 0 Å². The normalized spacial score (nSPS) is 10.9. The van der Waals surface area contributed by atoms with Crippen LogP contribution in [0.1, 0.15) is 25.2 Å². The van der Waals surface area contributed by atoms with Crippen molar-refractivity contribution in [1.82, 2.24) is 9.78 Å². The second-order valence-electron chi connectivity index (χ2n) is 3.97. The van der Waals surface area contributed by atoms with Crippen LogP contribution in [-0.2, 0) is 12.8 Å². The third kappa shape index (κ3) is 2.12. The minimum absolute atomic E-state index is 0.197. The van der Waals surface area contributed by atoms with Gasteiger partial charge >= 0.3 is 0 Å². The molecule has 0 radical (unpaired) electrons. The largest absolute Gasteiger partial charge is 0.237 e. The molecular weight excluding hydrogens is 241 g/mol. The van der Waals surface area contributed by atoms with Crippen molar-refractivity contribution in [3.05, 3.63) is 47.0 Å². The summed E-state index contributed by atoms with van der Waals surface area (Å²) in [5.74, 6) is -3.87. The number of hydrogen-bond donors (Lipinski definition) is 0. The molecule has 0 saturated heterocycles. The Morgan fingerprint density at radius 1 is 1.00 bits per heavy atom. The molecule has 0 saturated carbocycles. The molecular formula is C13H13F3N2.